The number of esters is 1. The van der Waals surface area contributed by atoms with E-state index in [0.717, 1.165) is 11.1 Å². The molecule has 0 N–H and O–H groups in total. The van der Waals surface area contributed by atoms with Gasteiger partial charge in [-0.1, -0.05) is 42.0 Å². The fourth-order valence-corrected chi connectivity index (χ4v) is 3.11. The highest BCUT2D eigenvalue weighted by molar-refractivity contribution is 5.81. The predicted octanol–water partition coefficient (Wildman–Crippen LogP) is 2.18. The second-order valence-corrected chi connectivity index (χ2v) is 6.46. The third-order valence-corrected chi connectivity index (χ3v) is 4.49. The molecule has 2 aromatic heterocycles. The molecule has 136 valence electrons. The van der Waals surface area contributed by atoms with E-state index in [1.54, 1.807) is 11.4 Å². The van der Waals surface area contributed by atoms with Crippen molar-refractivity contribution in [3.8, 4) is 0 Å². The van der Waals surface area contributed by atoms with Crippen molar-refractivity contribution in [2.24, 2.45) is 7.05 Å². The molecule has 7 nitrogen and oxygen atoms in total. The lowest BCUT2D eigenvalue weighted by molar-refractivity contribution is -0.144. The van der Waals surface area contributed by atoms with Gasteiger partial charge in [-0.3, -0.25) is 18.6 Å². The molecule has 0 fully saturated rings. The standard InChI is InChI=1S/C20H18N4O3/c1-13-8-9-16-15(10-13)19(26)23(2)20-22-21-17(24(16)20)12-27-18(25)11-14-6-4-3-5-7-14/h3-10H,11-12H2,1-2H3. The monoisotopic (exact) mass is 362 g/mol. The molecular weight excluding hydrogens is 344 g/mol. The molecule has 0 radical (unpaired) electrons. The number of aryl methyl sites for hydroxylation is 2. The van der Waals surface area contributed by atoms with Crippen molar-refractivity contribution >= 4 is 22.6 Å². The van der Waals surface area contributed by atoms with Gasteiger partial charge in [0.15, 0.2) is 12.4 Å². The zero-order valence-electron chi connectivity index (χ0n) is 15.0. The van der Waals surface area contributed by atoms with E-state index < -0.39 is 0 Å². The number of nitrogens with zero attached hydrogens (tertiary/aromatic N) is 4. The Morgan fingerprint density at radius 1 is 1.11 bits per heavy atom. The third kappa shape index (κ3) is 3.08. The molecule has 0 aliphatic heterocycles. The van der Waals surface area contributed by atoms with Gasteiger partial charge in [0.05, 0.1) is 17.3 Å². The van der Waals surface area contributed by atoms with Gasteiger partial charge in [0, 0.05) is 7.05 Å². The van der Waals surface area contributed by atoms with Gasteiger partial charge >= 0.3 is 5.97 Å². The quantitative estimate of drug-likeness (QED) is 0.520. The first-order valence-electron chi connectivity index (χ1n) is 8.57. The Labute approximate surface area is 154 Å². The summed E-state index contributed by atoms with van der Waals surface area (Å²) in [6.07, 6.45) is 0.190. The Kier molecular flexibility index (Phi) is 4.19. The molecule has 0 bridgehead atoms. The van der Waals surface area contributed by atoms with Crippen LogP contribution in [-0.2, 0) is 29.6 Å². The zero-order chi connectivity index (χ0) is 19.0. The molecule has 2 aromatic carbocycles. The van der Waals surface area contributed by atoms with Gasteiger partial charge < -0.3 is 4.74 Å². The number of hydrogen-bond acceptors (Lipinski definition) is 5. The summed E-state index contributed by atoms with van der Waals surface area (Å²) in [7, 11) is 1.65. The molecule has 4 rings (SSSR count). The molecule has 0 saturated heterocycles. The predicted molar refractivity (Wildman–Crippen MR) is 100 cm³/mol. The Balaban J connectivity index is 1.68. The summed E-state index contributed by atoms with van der Waals surface area (Å²) in [4.78, 5) is 24.7. The SMILES string of the molecule is Cc1ccc2c(c1)c(=O)n(C)c1nnc(COC(=O)Cc3ccccc3)n21. The van der Waals surface area contributed by atoms with Gasteiger partial charge in [-0.15, -0.1) is 10.2 Å². The molecule has 4 aromatic rings. The fraction of sp³-hybridized carbons (Fsp3) is 0.200. The van der Waals surface area contributed by atoms with Crippen LogP contribution in [0, 0.1) is 6.92 Å². The maximum absolute atomic E-state index is 12.6. The van der Waals surface area contributed by atoms with E-state index in [-0.39, 0.29) is 24.6 Å². The van der Waals surface area contributed by atoms with Crippen molar-refractivity contribution in [2.45, 2.75) is 20.0 Å². The van der Waals surface area contributed by atoms with E-state index >= 15 is 0 Å². The van der Waals surface area contributed by atoms with Crippen LogP contribution in [0.15, 0.2) is 53.3 Å². The van der Waals surface area contributed by atoms with E-state index in [4.69, 9.17) is 4.74 Å². The molecule has 0 amide bonds. The summed E-state index contributed by atoms with van der Waals surface area (Å²) in [5.41, 5.74) is 2.43. The molecule has 27 heavy (non-hydrogen) atoms. The molecule has 0 aliphatic carbocycles. The second kappa shape index (κ2) is 6.68. The van der Waals surface area contributed by atoms with Crippen molar-refractivity contribution < 1.29 is 9.53 Å². The van der Waals surface area contributed by atoms with Crippen LogP contribution in [0.2, 0.25) is 0 Å². The van der Waals surface area contributed by atoms with Gasteiger partial charge in [0.2, 0.25) is 5.78 Å². The molecule has 0 atom stereocenters. The lowest BCUT2D eigenvalue weighted by Gasteiger charge is -2.09. The fourth-order valence-electron chi connectivity index (χ4n) is 3.11. The van der Waals surface area contributed by atoms with Crippen LogP contribution in [0.5, 0.6) is 0 Å². The third-order valence-electron chi connectivity index (χ3n) is 4.49. The molecular formula is C20H18N4O3. The number of benzene rings is 2. The Morgan fingerprint density at radius 2 is 1.89 bits per heavy atom. The number of carbonyl (C=O) groups excluding carboxylic acids is 1. The molecule has 0 aliphatic rings. The number of aromatic nitrogens is 4. The molecule has 0 unspecified atom stereocenters. The molecule has 0 saturated carbocycles. The van der Waals surface area contributed by atoms with Crippen LogP contribution in [0.25, 0.3) is 16.7 Å². The minimum Gasteiger partial charge on any atom is -0.457 e. The summed E-state index contributed by atoms with van der Waals surface area (Å²) in [6, 6.07) is 15.0. The van der Waals surface area contributed by atoms with Crippen molar-refractivity contribution in [2.75, 3.05) is 0 Å². The van der Waals surface area contributed by atoms with Gasteiger partial charge in [-0.25, -0.2) is 0 Å². The van der Waals surface area contributed by atoms with Crippen molar-refractivity contribution in [1.82, 2.24) is 19.2 Å². The van der Waals surface area contributed by atoms with E-state index in [2.05, 4.69) is 10.2 Å². The van der Waals surface area contributed by atoms with Crippen molar-refractivity contribution in [3.05, 3.63) is 75.8 Å². The number of carbonyl (C=O) groups is 1. The topological polar surface area (TPSA) is 78.5 Å². The summed E-state index contributed by atoms with van der Waals surface area (Å²) < 4.78 is 8.60. The van der Waals surface area contributed by atoms with Crippen LogP contribution < -0.4 is 5.56 Å². The maximum atomic E-state index is 12.6. The van der Waals surface area contributed by atoms with Crippen LogP contribution in [0.1, 0.15) is 17.0 Å². The normalized spacial score (nSPS) is 11.2. The van der Waals surface area contributed by atoms with Gasteiger partial charge in [-0.2, -0.15) is 0 Å². The highest BCUT2D eigenvalue weighted by atomic mass is 16.5. The van der Waals surface area contributed by atoms with Crippen LogP contribution in [-0.4, -0.2) is 25.1 Å². The van der Waals surface area contributed by atoms with E-state index in [0.29, 0.717) is 22.5 Å². The summed E-state index contributed by atoms with van der Waals surface area (Å²) >= 11 is 0. The smallest absolute Gasteiger partial charge is 0.310 e. The van der Waals surface area contributed by atoms with Crippen LogP contribution in [0.4, 0.5) is 0 Å². The number of hydrogen-bond donors (Lipinski definition) is 0. The average Bonchev–Trinajstić information content (AvgIpc) is 3.09. The lowest BCUT2D eigenvalue weighted by Crippen LogP contribution is -2.20. The first kappa shape index (κ1) is 17.0. The molecule has 0 spiro atoms. The van der Waals surface area contributed by atoms with Gasteiger partial charge in [0.1, 0.15) is 0 Å². The minimum atomic E-state index is -0.345. The lowest BCUT2D eigenvalue weighted by atomic mass is 10.1. The maximum Gasteiger partial charge on any atom is 0.310 e. The largest absolute Gasteiger partial charge is 0.457 e. The number of rotatable bonds is 4. The zero-order valence-corrected chi connectivity index (χ0v) is 15.0. The number of fused-ring (bicyclic) bond motifs is 3. The highest BCUT2D eigenvalue weighted by Gasteiger charge is 2.16. The van der Waals surface area contributed by atoms with E-state index in [1.807, 2.05) is 55.5 Å². The Hall–Kier alpha value is -3.48. The first-order valence-corrected chi connectivity index (χ1v) is 8.57. The first-order chi connectivity index (χ1) is 13.0. The van der Waals surface area contributed by atoms with Crippen LogP contribution in [0.3, 0.4) is 0 Å². The second-order valence-electron chi connectivity index (χ2n) is 6.46. The average molecular weight is 362 g/mol. The number of ether oxygens (including phenoxy) is 1. The Bertz CT molecular complexity index is 1210. The molecule has 2 heterocycles. The van der Waals surface area contributed by atoms with Gasteiger partial charge in [-0.05, 0) is 24.6 Å². The van der Waals surface area contributed by atoms with E-state index in [1.165, 1.54) is 4.57 Å². The van der Waals surface area contributed by atoms with E-state index in [9.17, 15) is 9.59 Å². The van der Waals surface area contributed by atoms with Gasteiger partial charge in [0.25, 0.3) is 5.56 Å². The Morgan fingerprint density at radius 3 is 2.67 bits per heavy atom. The van der Waals surface area contributed by atoms with Crippen molar-refractivity contribution in [1.29, 1.82) is 0 Å². The van der Waals surface area contributed by atoms with Crippen LogP contribution >= 0.6 is 0 Å². The minimum absolute atomic E-state index is 0.0198. The summed E-state index contributed by atoms with van der Waals surface area (Å²) in [6.45, 7) is 1.91. The summed E-state index contributed by atoms with van der Waals surface area (Å²) in [5, 5.41) is 8.79. The highest BCUT2D eigenvalue weighted by Crippen LogP contribution is 2.16. The molecule has 7 heteroatoms. The summed E-state index contributed by atoms with van der Waals surface area (Å²) in [5.74, 6) is 0.532. The van der Waals surface area contributed by atoms with Crippen molar-refractivity contribution in [3.63, 3.8) is 0 Å².